The summed E-state index contributed by atoms with van der Waals surface area (Å²) < 4.78 is 53.5. The van der Waals surface area contributed by atoms with Crippen molar-refractivity contribution in [2.45, 2.75) is 52.6 Å². The number of benzene rings is 2. The highest BCUT2D eigenvalue weighted by Gasteiger charge is 2.30. The van der Waals surface area contributed by atoms with E-state index in [1.165, 1.54) is 14.0 Å². The Balaban J connectivity index is 0.000000183. The van der Waals surface area contributed by atoms with E-state index in [0.717, 1.165) is 59.2 Å². The van der Waals surface area contributed by atoms with Gasteiger partial charge in [0.1, 0.15) is 0 Å². The second-order valence-electron chi connectivity index (χ2n) is 13.8. The highest BCUT2D eigenvalue weighted by Crippen LogP contribution is 2.34. The predicted molar refractivity (Wildman–Crippen MR) is 196 cm³/mol. The Morgan fingerprint density at radius 3 is 1.61 bits per heavy atom. The molecule has 3 aliphatic heterocycles. The molecule has 7 rings (SSSR count). The highest BCUT2D eigenvalue weighted by atomic mass is 32.2. The molecular formula is C36H47N5O8S2. The van der Waals surface area contributed by atoms with Gasteiger partial charge >= 0.3 is 5.97 Å². The van der Waals surface area contributed by atoms with Gasteiger partial charge in [-0.15, -0.1) is 0 Å². The molecule has 4 aromatic rings. The Kier molecular flexibility index (Phi) is 10.4. The lowest BCUT2D eigenvalue weighted by Gasteiger charge is -2.31. The zero-order valence-electron chi connectivity index (χ0n) is 29.6. The Morgan fingerprint density at radius 1 is 0.725 bits per heavy atom. The summed E-state index contributed by atoms with van der Waals surface area (Å²) in [5.41, 5.74) is 5.60. The number of aromatic carboxylic acids is 1. The van der Waals surface area contributed by atoms with Crippen LogP contribution >= 0.6 is 0 Å². The van der Waals surface area contributed by atoms with Gasteiger partial charge in [-0.3, -0.25) is 4.79 Å². The molecule has 0 bridgehead atoms. The minimum atomic E-state index is -3.42. The number of likely N-dealkylation sites (tertiary alicyclic amines) is 1. The van der Waals surface area contributed by atoms with Gasteiger partial charge in [0.05, 0.1) is 28.1 Å². The monoisotopic (exact) mass is 741 g/mol. The molecule has 0 aliphatic carbocycles. The molecule has 0 radical (unpaired) electrons. The summed E-state index contributed by atoms with van der Waals surface area (Å²) in [7, 11) is -2.84. The number of hydrogen-bond acceptors (Lipinski definition) is 9. The number of nitrogens with zero attached hydrogens (tertiary/aromatic N) is 5. The van der Waals surface area contributed by atoms with E-state index in [1.807, 2.05) is 25.1 Å². The Hall–Kier alpha value is -3.76. The lowest BCUT2D eigenvalue weighted by atomic mass is 9.97. The minimum Gasteiger partial charge on any atom is -0.478 e. The first kappa shape index (κ1) is 37.0. The predicted octanol–water partition coefficient (Wildman–Crippen LogP) is 3.20. The van der Waals surface area contributed by atoms with Crippen LogP contribution in [0, 0.1) is 5.92 Å². The van der Waals surface area contributed by atoms with Crippen LogP contribution in [0.5, 0.6) is 0 Å². The molecule has 15 heteroatoms. The van der Waals surface area contributed by atoms with Crippen LogP contribution in [0.4, 0.5) is 0 Å². The number of aliphatic hydroxyl groups is 1. The number of carboxylic acid groups (broad SMARTS) is 1. The molecule has 0 unspecified atom stereocenters. The highest BCUT2D eigenvalue weighted by molar-refractivity contribution is 7.90. The molecule has 0 spiro atoms. The molecule has 3 aliphatic rings. The second-order valence-corrected chi connectivity index (χ2v) is 18.1. The van der Waals surface area contributed by atoms with E-state index in [9.17, 15) is 36.6 Å². The third-order valence-electron chi connectivity index (χ3n) is 10.5. The van der Waals surface area contributed by atoms with E-state index < -0.39 is 26.0 Å². The van der Waals surface area contributed by atoms with Gasteiger partial charge in [-0.2, -0.15) is 0 Å². The normalized spacial score (nSPS) is 17.6. The number of piperidine rings is 1. The van der Waals surface area contributed by atoms with Gasteiger partial charge < -0.3 is 24.9 Å². The number of rotatable bonds is 7. The van der Waals surface area contributed by atoms with Gasteiger partial charge in [0.25, 0.3) is 5.91 Å². The van der Waals surface area contributed by atoms with E-state index in [1.54, 1.807) is 38.1 Å². The lowest BCUT2D eigenvalue weighted by Crippen LogP contribution is -2.39. The van der Waals surface area contributed by atoms with Crippen molar-refractivity contribution in [1.29, 1.82) is 0 Å². The van der Waals surface area contributed by atoms with Crippen LogP contribution in [-0.2, 0) is 46.0 Å². The molecule has 0 atom stereocenters. The van der Waals surface area contributed by atoms with Crippen LogP contribution in [0.3, 0.4) is 0 Å². The summed E-state index contributed by atoms with van der Waals surface area (Å²) in [5, 5.41) is 20.1. The van der Waals surface area contributed by atoms with Gasteiger partial charge in [0.2, 0.25) is 20.0 Å². The van der Waals surface area contributed by atoms with Gasteiger partial charge in [-0.05, 0) is 94.2 Å². The second kappa shape index (κ2) is 14.3. The molecule has 5 heterocycles. The van der Waals surface area contributed by atoms with Crippen molar-refractivity contribution in [2.75, 3.05) is 58.4 Å². The molecule has 1 amide bonds. The summed E-state index contributed by atoms with van der Waals surface area (Å²) >= 11 is 0. The first-order chi connectivity index (χ1) is 24.2. The summed E-state index contributed by atoms with van der Waals surface area (Å²) in [6, 6.07) is 10.0. The Morgan fingerprint density at radius 2 is 1.18 bits per heavy atom. The van der Waals surface area contributed by atoms with E-state index in [2.05, 4.69) is 9.80 Å². The number of carbonyl (C=O) groups is 2. The summed E-state index contributed by atoms with van der Waals surface area (Å²) in [6.45, 7) is 7.65. The van der Waals surface area contributed by atoms with Crippen LogP contribution in [-0.4, -0.2) is 120 Å². The fraction of sp³-hybridized carbons (Fsp3) is 0.500. The van der Waals surface area contributed by atoms with Crippen LogP contribution in [0.15, 0.2) is 36.4 Å². The Bertz CT molecular complexity index is 2220. The van der Waals surface area contributed by atoms with Gasteiger partial charge in [-0.25, -0.2) is 29.6 Å². The number of carboxylic acids is 1. The quantitative estimate of drug-likeness (QED) is 0.288. The largest absolute Gasteiger partial charge is 0.478 e. The summed E-state index contributed by atoms with van der Waals surface area (Å²) in [4.78, 5) is 30.4. The fourth-order valence-electron chi connectivity index (χ4n) is 7.57. The molecule has 1 fully saturated rings. The van der Waals surface area contributed by atoms with Crippen molar-refractivity contribution < 1.29 is 36.6 Å². The molecule has 276 valence electrons. The van der Waals surface area contributed by atoms with Crippen molar-refractivity contribution in [2.24, 2.45) is 5.92 Å². The molecule has 2 aromatic heterocycles. The number of aromatic nitrogens is 2. The first-order valence-electron chi connectivity index (χ1n) is 17.5. The zero-order valence-corrected chi connectivity index (χ0v) is 31.3. The van der Waals surface area contributed by atoms with Gasteiger partial charge in [0.15, 0.2) is 0 Å². The molecule has 2 N–H and O–H groups in total. The maximum atomic E-state index is 13.1. The van der Waals surface area contributed by atoms with Crippen LogP contribution < -0.4 is 0 Å². The van der Waals surface area contributed by atoms with E-state index >= 15 is 0 Å². The van der Waals surface area contributed by atoms with Crippen molar-refractivity contribution in [3.05, 3.63) is 70.0 Å². The van der Waals surface area contributed by atoms with Crippen molar-refractivity contribution in [3.63, 3.8) is 0 Å². The number of carbonyl (C=O) groups excluding carboxylic acids is 1. The Labute approximate surface area is 299 Å². The van der Waals surface area contributed by atoms with Gasteiger partial charge in [0, 0.05) is 86.4 Å². The molecular weight excluding hydrogens is 695 g/mol. The van der Waals surface area contributed by atoms with Crippen LogP contribution in [0.2, 0.25) is 0 Å². The third kappa shape index (κ3) is 6.93. The third-order valence-corrected chi connectivity index (χ3v) is 13.9. The molecule has 51 heavy (non-hydrogen) atoms. The lowest BCUT2D eigenvalue weighted by molar-refractivity contribution is 0.0649. The van der Waals surface area contributed by atoms with E-state index in [-0.39, 0.29) is 35.5 Å². The van der Waals surface area contributed by atoms with E-state index in [4.69, 9.17) is 0 Å². The number of fused-ring (bicyclic) bond motifs is 6. The summed E-state index contributed by atoms with van der Waals surface area (Å²) in [6.07, 6.45) is 2.95. The average molecular weight is 742 g/mol. The summed E-state index contributed by atoms with van der Waals surface area (Å²) in [5.74, 6) is -0.699. The van der Waals surface area contributed by atoms with Gasteiger partial charge in [-0.1, -0.05) is 0 Å². The number of likely N-dealkylation sites (N-methyl/N-ethyl adjacent to an activating group) is 2. The maximum Gasteiger partial charge on any atom is 0.335 e. The van der Waals surface area contributed by atoms with Crippen LogP contribution in [0.1, 0.15) is 69.9 Å². The number of amides is 1. The molecule has 2 aromatic carbocycles. The molecule has 1 saturated heterocycles. The van der Waals surface area contributed by atoms with Crippen molar-refractivity contribution in [1.82, 2.24) is 22.6 Å². The maximum absolute atomic E-state index is 13.1. The molecule has 0 saturated carbocycles. The zero-order chi connectivity index (χ0) is 36.8. The topological polar surface area (TPSA) is 162 Å². The minimum absolute atomic E-state index is 0.0136. The standard InChI is InChI=1S/C21H29N3O4S.C15H18N2O4S/c1-3-29(27,28)24-19-5-4-16(21(26)23-10-6-15(14-25)7-11-23)12-17(19)18-13-22(2)9-8-20(18)24;1-3-22(20,21)17-13-5-4-10(15(18)19)8-11(13)12-9-16(2)7-6-14(12)17/h4-5,12,15,25H,3,6-11,13-14H2,1-2H3;4-5,8H,3,6-7,9H2,1-2H3,(H,18,19). The SMILES string of the molecule is CCS(=O)(=O)n1c2c(c3cc(C(=O)N4CCC(CO)CC4)ccc31)CN(C)CC2.CCS(=O)(=O)n1c2c(c3cc(C(=O)O)ccc31)CN(C)CC2. The average Bonchev–Trinajstić information content (AvgIpc) is 3.63. The first-order valence-corrected chi connectivity index (χ1v) is 20.7. The smallest absolute Gasteiger partial charge is 0.335 e. The fourth-order valence-corrected chi connectivity index (χ4v) is 10.1. The van der Waals surface area contributed by atoms with Crippen molar-refractivity contribution in [3.8, 4) is 0 Å². The van der Waals surface area contributed by atoms with E-state index in [0.29, 0.717) is 55.6 Å². The van der Waals surface area contributed by atoms with Crippen molar-refractivity contribution >= 4 is 53.7 Å². The molecule has 13 nitrogen and oxygen atoms in total. The number of hydrogen-bond donors (Lipinski definition) is 2. The number of aliphatic hydroxyl groups excluding tert-OH is 1. The van der Waals surface area contributed by atoms with Crippen LogP contribution in [0.25, 0.3) is 21.8 Å².